The zero-order valence-electron chi connectivity index (χ0n) is 18.3. The highest BCUT2D eigenvalue weighted by molar-refractivity contribution is 8.00. The van der Waals surface area contributed by atoms with E-state index in [1.165, 1.54) is 23.5 Å². The van der Waals surface area contributed by atoms with E-state index in [1.807, 2.05) is 78.2 Å². The summed E-state index contributed by atoms with van der Waals surface area (Å²) in [5.74, 6) is 0.263. The average Bonchev–Trinajstić information content (AvgIpc) is 3.31. The number of nitrogens with zero attached hydrogens (tertiary/aromatic N) is 4. The molecule has 4 rings (SSSR count). The molecule has 8 nitrogen and oxygen atoms in total. The van der Waals surface area contributed by atoms with Crippen LogP contribution in [0.3, 0.4) is 0 Å². The maximum atomic E-state index is 12.3. The van der Waals surface area contributed by atoms with Crippen molar-refractivity contribution in [2.24, 2.45) is 0 Å². The van der Waals surface area contributed by atoms with Crippen molar-refractivity contribution in [3.05, 3.63) is 84.7 Å². The lowest BCUT2D eigenvalue weighted by atomic mass is 10.2. The minimum atomic E-state index is -0.343. The summed E-state index contributed by atoms with van der Waals surface area (Å²) in [4.78, 5) is 29.6. The SMILES string of the molecule is Cc1ccc(SCC(=O)NNC(=O)CSc2nnc(-c3cccnc3)n2-c2ccccc2)cc1. The number of hydrazine groups is 1. The first-order valence-corrected chi connectivity index (χ1v) is 12.4. The van der Waals surface area contributed by atoms with Gasteiger partial charge in [0.15, 0.2) is 11.0 Å². The molecule has 0 atom stereocenters. The van der Waals surface area contributed by atoms with E-state index in [9.17, 15) is 9.59 Å². The van der Waals surface area contributed by atoms with Crippen molar-refractivity contribution < 1.29 is 9.59 Å². The molecule has 2 aromatic heterocycles. The Bertz CT molecular complexity index is 1250. The Kier molecular flexibility index (Phi) is 7.95. The van der Waals surface area contributed by atoms with Gasteiger partial charge in [-0.15, -0.1) is 22.0 Å². The molecule has 172 valence electrons. The molecule has 0 saturated heterocycles. The maximum Gasteiger partial charge on any atom is 0.248 e. The molecular weight excluding hydrogens is 468 g/mol. The maximum absolute atomic E-state index is 12.3. The molecule has 0 spiro atoms. The summed E-state index contributed by atoms with van der Waals surface area (Å²) in [5.41, 5.74) is 7.76. The molecular formula is C24H22N6O2S2. The molecule has 2 amide bonds. The van der Waals surface area contributed by atoms with Gasteiger partial charge in [-0.2, -0.15) is 0 Å². The molecule has 0 aliphatic heterocycles. The summed E-state index contributed by atoms with van der Waals surface area (Å²) in [5, 5.41) is 9.16. The second-order valence-electron chi connectivity index (χ2n) is 7.21. The molecule has 4 aromatic rings. The first-order chi connectivity index (χ1) is 16.6. The van der Waals surface area contributed by atoms with Gasteiger partial charge in [0.05, 0.1) is 11.5 Å². The molecule has 0 bridgehead atoms. The lowest BCUT2D eigenvalue weighted by molar-refractivity contribution is -0.126. The van der Waals surface area contributed by atoms with Gasteiger partial charge in [0.2, 0.25) is 11.8 Å². The van der Waals surface area contributed by atoms with Crippen molar-refractivity contribution in [2.75, 3.05) is 11.5 Å². The number of rotatable bonds is 8. The zero-order chi connectivity index (χ0) is 23.8. The minimum Gasteiger partial charge on any atom is -0.272 e. The van der Waals surface area contributed by atoms with Gasteiger partial charge in [0, 0.05) is 28.5 Å². The lowest BCUT2D eigenvalue weighted by Gasteiger charge is -2.10. The first kappa shape index (κ1) is 23.5. The molecule has 0 aliphatic rings. The third-order valence-corrected chi connectivity index (χ3v) is 6.57. The van der Waals surface area contributed by atoms with Crippen LogP contribution in [0.2, 0.25) is 0 Å². The van der Waals surface area contributed by atoms with Crippen molar-refractivity contribution in [3.8, 4) is 17.1 Å². The average molecular weight is 491 g/mol. The Morgan fingerprint density at radius 1 is 0.853 bits per heavy atom. The van der Waals surface area contributed by atoms with E-state index in [1.54, 1.807) is 12.4 Å². The highest BCUT2D eigenvalue weighted by Gasteiger charge is 2.17. The number of carbonyl (C=O) groups excluding carboxylic acids is 2. The van der Waals surface area contributed by atoms with Crippen LogP contribution in [0.25, 0.3) is 17.1 Å². The predicted octanol–water partition coefficient (Wildman–Crippen LogP) is 3.67. The fourth-order valence-electron chi connectivity index (χ4n) is 2.98. The second kappa shape index (κ2) is 11.5. The van der Waals surface area contributed by atoms with Gasteiger partial charge in [0.1, 0.15) is 0 Å². The van der Waals surface area contributed by atoms with Gasteiger partial charge < -0.3 is 0 Å². The highest BCUT2D eigenvalue weighted by atomic mass is 32.2. The number of hydrogen-bond acceptors (Lipinski definition) is 7. The van der Waals surface area contributed by atoms with Crippen LogP contribution in [-0.2, 0) is 9.59 Å². The molecule has 10 heteroatoms. The Morgan fingerprint density at radius 3 is 2.24 bits per heavy atom. The van der Waals surface area contributed by atoms with Crippen LogP contribution >= 0.6 is 23.5 Å². The van der Waals surface area contributed by atoms with Crippen molar-refractivity contribution in [3.63, 3.8) is 0 Å². The summed E-state index contributed by atoms with van der Waals surface area (Å²) in [6, 6.07) is 21.3. The molecule has 0 fully saturated rings. The van der Waals surface area contributed by atoms with Crippen LogP contribution in [0.4, 0.5) is 0 Å². The second-order valence-corrected chi connectivity index (χ2v) is 9.20. The standard InChI is InChI=1S/C24H22N6O2S2/c1-17-9-11-20(12-10-17)33-15-21(31)26-27-22(32)16-34-24-29-28-23(18-6-5-13-25-14-18)30(24)19-7-3-2-4-8-19/h2-14H,15-16H2,1H3,(H,26,31)(H,27,32). The largest absolute Gasteiger partial charge is 0.272 e. The molecule has 2 heterocycles. The smallest absolute Gasteiger partial charge is 0.248 e. The van der Waals surface area contributed by atoms with E-state index >= 15 is 0 Å². The third kappa shape index (κ3) is 6.24. The fourth-order valence-corrected chi connectivity index (χ4v) is 4.43. The topological polar surface area (TPSA) is 102 Å². The number of nitrogens with one attached hydrogen (secondary N) is 2. The van der Waals surface area contributed by atoms with Crippen LogP contribution in [-0.4, -0.2) is 43.1 Å². The van der Waals surface area contributed by atoms with Gasteiger partial charge in [-0.1, -0.05) is 47.7 Å². The summed E-state index contributed by atoms with van der Waals surface area (Å²) >= 11 is 2.63. The summed E-state index contributed by atoms with van der Waals surface area (Å²) in [6.45, 7) is 2.01. The van der Waals surface area contributed by atoms with Crippen LogP contribution in [0.15, 0.2) is 89.2 Å². The van der Waals surface area contributed by atoms with E-state index in [4.69, 9.17) is 0 Å². The van der Waals surface area contributed by atoms with Crippen LogP contribution < -0.4 is 10.9 Å². The molecule has 0 unspecified atom stereocenters. The van der Waals surface area contributed by atoms with Crippen molar-refractivity contribution >= 4 is 35.3 Å². The Morgan fingerprint density at radius 2 is 1.56 bits per heavy atom. The Hall–Kier alpha value is -3.63. The summed E-state index contributed by atoms with van der Waals surface area (Å²) < 4.78 is 1.88. The predicted molar refractivity (Wildman–Crippen MR) is 134 cm³/mol. The van der Waals surface area contributed by atoms with E-state index in [0.717, 1.165) is 21.7 Å². The van der Waals surface area contributed by atoms with E-state index in [-0.39, 0.29) is 23.3 Å². The van der Waals surface area contributed by atoms with E-state index in [2.05, 4.69) is 26.0 Å². The van der Waals surface area contributed by atoms with Crippen molar-refractivity contribution in [1.29, 1.82) is 0 Å². The van der Waals surface area contributed by atoms with Gasteiger partial charge in [-0.05, 0) is 43.3 Å². The van der Waals surface area contributed by atoms with Crippen LogP contribution in [0.5, 0.6) is 0 Å². The number of para-hydroxylation sites is 1. The third-order valence-electron chi connectivity index (χ3n) is 4.63. The number of benzene rings is 2. The van der Waals surface area contributed by atoms with Crippen LogP contribution in [0, 0.1) is 6.92 Å². The molecule has 0 radical (unpaired) electrons. The number of hydrogen-bond donors (Lipinski definition) is 2. The normalized spacial score (nSPS) is 10.6. The number of aromatic nitrogens is 4. The number of aryl methyl sites for hydroxylation is 1. The molecule has 2 N–H and O–H groups in total. The number of carbonyl (C=O) groups is 2. The van der Waals surface area contributed by atoms with Crippen LogP contribution in [0.1, 0.15) is 5.56 Å². The fraction of sp³-hybridized carbons (Fsp3) is 0.125. The highest BCUT2D eigenvalue weighted by Crippen LogP contribution is 2.27. The first-order valence-electron chi connectivity index (χ1n) is 10.4. The molecule has 0 aliphatic carbocycles. The van der Waals surface area contributed by atoms with Gasteiger partial charge in [-0.3, -0.25) is 30.0 Å². The molecule has 0 saturated carbocycles. The van der Waals surface area contributed by atoms with Gasteiger partial charge in [-0.25, -0.2) is 0 Å². The van der Waals surface area contributed by atoms with E-state index in [0.29, 0.717) is 11.0 Å². The van der Waals surface area contributed by atoms with Gasteiger partial charge >= 0.3 is 0 Å². The molecule has 34 heavy (non-hydrogen) atoms. The minimum absolute atomic E-state index is 0.0589. The molecule has 2 aromatic carbocycles. The number of thioether (sulfide) groups is 2. The number of amides is 2. The van der Waals surface area contributed by atoms with Crippen molar-refractivity contribution in [1.82, 2.24) is 30.6 Å². The summed E-state index contributed by atoms with van der Waals surface area (Å²) in [7, 11) is 0. The Balaban J connectivity index is 1.35. The zero-order valence-corrected chi connectivity index (χ0v) is 20.0. The lowest BCUT2D eigenvalue weighted by Crippen LogP contribution is -2.43. The summed E-state index contributed by atoms with van der Waals surface area (Å²) in [6.07, 6.45) is 3.41. The monoisotopic (exact) mass is 490 g/mol. The number of pyridine rings is 1. The Labute approximate surface area is 205 Å². The van der Waals surface area contributed by atoms with Crippen molar-refractivity contribution in [2.45, 2.75) is 17.0 Å². The van der Waals surface area contributed by atoms with Gasteiger partial charge in [0.25, 0.3) is 0 Å². The quantitative estimate of drug-likeness (QED) is 0.287. The van der Waals surface area contributed by atoms with E-state index < -0.39 is 0 Å².